The van der Waals surface area contributed by atoms with Crippen LogP contribution in [-0.2, 0) is 0 Å². The second-order valence-corrected chi connectivity index (χ2v) is 3.98. The predicted molar refractivity (Wildman–Crippen MR) is 46.8 cm³/mol. The van der Waals surface area contributed by atoms with Gasteiger partial charge in [-0.05, 0) is 25.8 Å². The van der Waals surface area contributed by atoms with Gasteiger partial charge in [0.05, 0.1) is 6.10 Å². The minimum absolute atomic E-state index is 0.466. The Bertz CT molecular complexity index is 136. The van der Waals surface area contributed by atoms with Crippen LogP contribution in [0.25, 0.3) is 0 Å². The second-order valence-electron chi connectivity index (χ2n) is 3.98. The molecular weight excluding hydrogens is 157 g/mol. The first-order valence-corrected chi connectivity index (χ1v) is 4.57. The molecule has 1 rings (SSSR count). The molecule has 0 heterocycles. The third-order valence-corrected chi connectivity index (χ3v) is 2.65. The van der Waals surface area contributed by atoms with E-state index in [1.165, 1.54) is 12.8 Å². The van der Waals surface area contributed by atoms with Crippen LogP contribution in [0.15, 0.2) is 0 Å². The summed E-state index contributed by atoms with van der Waals surface area (Å²) >= 11 is 0. The van der Waals surface area contributed by atoms with Gasteiger partial charge in [-0.15, -0.1) is 0 Å². The number of nitrogens with zero attached hydrogens (tertiary/aromatic N) is 1. The Hall–Kier alpha value is -0.150. The largest absolute Gasteiger partial charge is 0.389 e. The Morgan fingerprint density at radius 3 is 2.58 bits per heavy atom. The van der Waals surface area contributed by atoms with E-state index in [0.29, 0.717) is 12.6 Å². The summed E-state index contributed by atoms with van der Waals surface area (Å²) in [5.74, 6) is 0.806. The molecule has 1 atom stereocenters. The van der Waals surface area contributed by atoms with Crippen LogP contribution in [0.1, 0.15) is 19.8 Å². The summed E-state index contributed by atoms with van der Waals surface area (Å²) < 4.78 is 11.9. The SMILES string of the molecule is CC1CC(N(C)CC(O)CF)C1. The highest BCUT2D eigenvalue weighted by Gasteiger charge is 2.29. The first-order valence-electron chi connectivity index (χ1n) is 4.57. The van der Waals surface area contributed by atoms with Crippen molar-refractivity contribution in [3.05, 3.63) is 0 Å². The molecule has 0 bridgehead atoms. The Labute approximate surface area is 73.4 Å². The van der Waals surface area contributed by atoms with Crippen molar-refractivity contribution < 1.29 is 9.50 Å². The molecule has 0 amide bonds. The number of rotatable bonds is 4. The van der Waals surface area contributed by atoms with Gasteiger partial charge in [0.15, 0.2) is 0 Å². The van der Waals surface area contributed by atoms with Crippen molar-refractivity contribution in [1.82, 2.24) is 4.90 Å². The van der Waals surface area contributed by atoms with E-state index in [9.17, 15) is 4.39 Å². The molecule has 1 N–H and O–H groups in total. The Kier molecular flexibility index (Phi) is 3.47. The summed E-state index contributed by atoms with van der Waals surface area (Å²) in [6.45, 7) is 2.05. The Balaban J connectivity index is 2.16. The van der Waals surface area contributed by atoms with Gasteiger partial charge in [-0.1, -0.05) is 6.92 Å². The van der Waals surface area contributed by atoms with Gasteiger partial charge in [0.2, 0.25) is 0 Å². The summed E-state index contributed by atoms with van der Waals surface area (Å²) in [4.78, 5) is 2.06. The fraction of sp³-hybridized carbons (Fsp3) is 1.00. The lowest BCUT2D eigenvalue weighted by Crippen LogP contribution is -2.45. The average Bonchev–Trinajstić information content (AvgIpc) is 1.98. The van der Waals surface area contributed by atoms with Crippen molar-refractivity contribution in [2.24, 2.45) is 5.92 Å². The van der Waals surface area contributed by atoms with Gasteiger partial charge in [0.25, 0.3) is 0 Å². The van der Waals surface area contributed by atoms with Gasteiger partial charge in [-0.2, -0.15) is 0 Å². The molecule has 3 heteroatoms. The molecule has 1 saturated carbocycles. The summed E-state index contributed by atoms with van der Waals surface area (Å²) in [5, 5.41) is 9.05. The summed E-state index contributed by atoms with van der Waals surface area (Å²) in [7, 11) is 1.95. The van der Waals surface area contributed by atoms with Crippen LogP contribution in [-0.4, -0.2) is 42.4 Å². The second kappa shape index (κ2) is 4.19. The van der Waals surface area contributed by atoms with Crippen LogP contribution >= 0.6 is 0 Å². The molecule has 1 aliphatic carbocycles. The highest BCUT2D eigenvalue weighted by molar-refractivity contribution is 4.84. The number of hydrogen-bond acceptors (Lipinski definition) is 2. The fourth-order valence-electron chi connectivity index (χ4n) is 1.75. The third-order valence-electron chi connectivity index (χ3n) is 2.65. The normalized spacial score (nSPS) is 31.8. The molecule has 0 saturated heterocycles. The minimum atomic E-state index is -0.800. The molecule has 2 nitrogen and oxygen atoms in total. The zero-order chi connectivity index (χ0) is 9.14. The van der Waals surface area contributed by atoms with Crippen molar-refractivity contribution in [2.45, 2.75) is 31.9 Å². The minimum Gasteiger partial charge on any atom is -0.389 e. The summed E-state index contributed by atoms with van der Waals surface area (Å²) in [5.41, 5.74) is 0. The Morgan fingerprint density at radius 2 is 2.17 bits per heavy atom. The number of likely N-dealkylation sites (N-methyl/N-ethyl adjacent to an activating group) is 1. The maximum Gasteiger partial charge on any atom is 0.117 e. The smallest absolute Gasteiger partial charge is 0.117 e. The lowest BCUT2D eigenvalue weighted by atomic mass is 9.81. The van der Waals surface area contributed by atoms with E-state index in [1.807, 2.05) is 7.05 Å². The number of aliphatic hydroxyl groups excluding tert-OH is 1. The van der Waals surface area contributed by atoms with Crippen LogP contribution in [0.2, 0.25) is 0 Å². The first-order chi connectivity index (χ1) is 5.63. The number of hydrogen-bond donors (Lipinski definition) is 1. The molecule has 0 radical (unpaired) electrons. The molecule has 1 aliphatic rings. The lowest BCUT2D eigenvalue weighted by Gasteiger charge is -2.40. The van der Waals surface area contributed by atoms with Crippen LogP contribution in [0.3, 0.4) is 0 Å². The molecule has 12 heavy (non-hydrogen) atoms. The van der Waals surface area contributed by atoms with E-state index in [2.05, 4.69) is 11.8 Å². The first kappa shape index (κ1) is 9.93. The third kappa shape index (κ3) is 2.42. The molecule has 0 spiro atoms. The summed E-state index contributed by atoms with van der Waals surface area (Å²) in [6, 6.07) is 0.571. The number of alkyl halides is 1. The zero-order valence-corrected chi connectivity index (χ0v) is 7.83. The molecule has 72 valence electrons. The molecule has 1 fully saturated rings. The highest BCUT2D eigenvalue weighted by atomic mass is 19.1. The van der Waals surface area contributed by atoms with E-state index in [4.69, 9.17) is 5.11 Å². The van der Waals surface area contributed by atoms with E-state index in [0.717, 1.165) is 5.92 Å². The van der Waals surface area contributed by atoms with Crippen molar-refractivity contribution >= 4 is 0 Å². The molecule has 1 unspecified atom stereocenters. The Morgan fingerprint density at radius 1 is 1.58 bits per heavy atom. The van der Waals surface area contributed by atoms with Crippen LogP contribution in [0.5, 0.6) is 0 Å². The van der Waals surface area contributed by atoms with Gasteiger partial charge in [0.1, 0.15) is 6.67 Å². The number of aliphatic hydroxyl groups is 1. The van der Waals surface area contributed by atoms with Gasteiger partial charge < -0.3 is 10.0 Å². The van der Waals surface area contributed by atoms with E-state index in [1.54, 1.807) is 0 Å². The molecule has 0 aromatic carbocycles. The average molecular weight is 175 g/mol. The number of halogens is 1. The van der Waals surface area contributed by atoms with Crippen LogP contribution < -0.4 is 0 Å². The zero-order valence-electron chi connectivity index (χ0n) is 7.83. The van der Waals surface area contributed by atoms with Gasteiger partial charge in [-0.3, -0.25) is 0 Å². The maximum atomic E-state index is 11.9. The van der Waals surface area contributed by atoms with Crippen LogP contribution in [0, 0.1) is 5.92 Å². The fourth-order valence-corrected chi connectivity index (χ4v) is 1.75. The lowest BCUT2D eigenvalue weighted by molar-refractivity contribution is 0.0455. The molecule has 0 aliphatic heterocycles. The molecule has 0 aromatic heterocycles. The predicted octanol–water partition coefficient (Wildman–Crippen LogP) is 1.05. The maximum absolute atomic E-state index is 11.9. The standard InChI is InChI=1S/C9H18FNO/c1-7-3-8(4-7)11(2)6-9(12)5-10/h7-9,12H,3-6H2,1-2H3. The molecular formula is C9H18FNO. The summed E-state index contributed by atoms with van der Waals surface area (Å²) in [6.07, 6.45) is 1.58. The quantitative estimate of drug-likeness (QED) is 0.690. The van der Waals surface area contributed by atoms with E-state index < -0.39 is 12.8 Å². The van der Waals surface area contributed by atoms with Crippen LogP contribution in [0.4, 0.5) is 4.39 Å². The van der Waals surface area contributed by atoms with E-state index >= 15 is 0 Å². The molecule has 0 aromatic rings. The van der Waals surface area contributed by atoms with E-state index in [-0.39, 0.29) is 0 Å². The van der Waals surface area contributed by atoms with Gasteiger partial charge in [0, 0.05) is 12.6 Å². The topological polar surface area (TPSA) is 23.5 Å². The van der Waals surface area contributed by atoms with Crippen molar-refractivity contribution in [3.8, 4) is 0 Å². The van der Waals surface area contributed by atoms with Gasteiger partial charge >= 0.3 is 0 Å². The van der Waals surface area contributed by atoms with Gasteiger partial charge in [-0.25, -0.2) is 4.39 Å². The monoisotopic (exact) mass is 175 g/mol. The van der Waals surface area contributed by atoms with Crippen molar-refractivity contribution in [3.63, 3.8) is 0 Å². The highest BCUT2D eigenvalue weighted by Crippen LogP contribution is 2.30. The van der Waals surface area contributed by atoms with Crippen molar-refractivity contribution in [1.29, 1.82) is 0 Å². The van der Waals surface area contributed by atoms with Crippen molar-refractivity contribution in [2.75, 3.05) is 20.3 Å².